The molecular weight excluding hydrogens is 504 g/mol. The molecule has 6 rings (SSSR count). The van der Waals surface area contributed by atoms with Crippen LogP contribution in [0.15, 0.2) is 46.2 Å². The number of carbonyl (C=O) groups is 2. The van der Waals surface area contributed by atoms with Gasteiger partial charge in [0.2, 0.25) is 16.0 Å². The highest BCUT2D eigenvalue weighted by Crippen LogP contribution is 2.43. The maximum atomic E-state index is 12.9. The van der Waals surface area contributed by atoms with Gasteiger partial charge >= 0.3 is 0 Å². The molecule has 2 amide bonds. The molecule has 1 aromatic carbocycles. The number of aromatic nitrogens is 2. The lowest BCUT2D eigenvalue weighted by Crippen LogP contribution is -2.73. The van der Waals surface area contributed by atoms with Crippen molar-refractivity contribution in [3.8, 4) is 0 Å². The number of thioether (sulfide) groups is 1. The first-order chi connectivity index (χ1) is 17.3. The summed E-state index contributed by atoms with van der Waals surface area (Å²) in [6, 6.07) is 10.3. The highest BCUT2D eigenvalue weighted by Gasteiger charge is 2.56. The number of hydrogen-bond donors (Lipinski definition) is 1. The van der Waals surface area contributed by atoms with Crippen LogP contribution >= 0.6 is 11.8 Å². The molecule has 188 valence electrons. The number of hydrogen-bond acceptors (Lipinski definition) is 10. The molecule has 1 aromatic heterocycles. The molecule has 4 fully saturated rings. The molecule has 36 heavy (non-hydrogen) atoms. The zero-order chi connectivity index (χ0) is 24.9. The van der Waals surface area contributed by atoms with E-state index in [-0.39, 0.29) is 5.41 Å². The summed E-state index contributed by atoms with van der Waals surface area (Å²) >= 11 is 0.849. The summed E-state index contributed by atoms with van der Waals surface area (Å²) in [5.41, 5.74) is 0.420. The van der Waals surface area contributed by atoms with Gasteiger partial charge in [-0.05, 0) is 30.0 Å². The third kappa shape index (κ3) is 4.25. The topological polar surface area (TPSA) is 125 Å². The summed E-state index contributed by atoms with van der Waals surface area (Å²) in [4.78, 5) is 37.8. The smallest absolute Gasteiger partial charge is 0.290 e. The fourth-order valence-electron chi connectivity index (χ4n) is 4.88. The quantitative estimate of drug-likeness (QED) is 0.565. The summed E-state index contributed by atoms with van der Waals surface area (Å²) in [7, 11) is -3.49. The van der Waals surface area contributed by atoms with Gasteiger partial charge in [-0.25, -0.2) is 13.4 Å². The Bertz CT molecular complexity index is 1350. The van der Waals surface area contributed by atoms with Crippen LogP contribution in [0.1, 0.15) is 5.69 Å². The van der Waals surface area contributed by atoms with E-state index < -0.39 is 21.2 Å². The van der Waals surface area contributed by atoms with Crippen LogP contribution in [0.25, 0.3) is 6.08 Å². The average molecular weight is 529 g/mol. The van der Waals surface area contributed by atoms with Gasteiger partial charge in [-0.2, -0.15) is 9.29 Å². The molecule has 11 nitrogen and oxygen atoms in total. The van der Waals surface area contributed by atoms with E-state index in [4.69, 9.17) is 9.72 Å². The third-order valence-corrected chi connectivity index (χ3v) is 9.33. The number of imide groups is 1. The van der Waals surface area contributed by atoms with Crippen molar-refractivity contribution in [2.75, 3.05) is 62.3 Å². The van der Waals surface area contributed by atoms with Gasteiger partial charge in [0.1, 0.15) is 5.82 Å². The van der Waals surface area contributed by atoms with Crippen LogP contribution in [0, 0.1) is 5.41 Å². The van der Waals surface area contributed by atoms with Crippen molar-refractivity contribution in [1.29, 1.82) is 0 Å². The first-order valence-electron chi connectivity index (χ1n) is 11.6. The molecule has 4 aliphatic heterocycles. The minimum atomic E-state index is -3.49. The number of amides is 2. The number of nitrogens with one attached hydrogen (secondary N) is 1. The average Bonchev–Trinajstić information content (AvgIpc) is 3.14. The van der Waals surface area contributed by atoms with Crippen LogP contribution in [-0.2, 0) is 19.6 Å². The van der Waals surface area contributed by atoms with E-state index in [9.17, 15) is 18.0 Å². The largest absolute Gasteiger partial charge is 0.378 e. The van der Waals surface area contributed by atoms with Crippen molar-refractivity contribution >= 4 is 50.8 Å². The fraction of sp³-hybridized carbons (Fsp3) is 0.391. The standard InChI is InChI=1S/C23H24N6O5S2/c30-20-18(35-22(31)26-20)10-16-11-19(27-6-8-34-9-7-27)25-21(24-16)28-12-23(13-28)14-29(15-23)36(32,33)17-4-2-1-3-5-17/h1-5,10-11H,6-9,12-15H2,(H,26,30,31). The van der Waals surface area contributed by atoms with Crippen LogP contribution < -0.4 is 15.1 Å². The number of anilines is 2. The summed E-state index contributed by atoms with van der Waals surface area (Å²) in [6.07, 6.45) is 1.60. The monoisotopic (exact) mass is 528 g/mol. The Kier molecular flexibility index (Phi) is 5.74. The zero-order valence-corrected chi connectivity index (χ0v) is 20.9. The number of carbonyl (C=O) groups excluding carboxylic acids is 2. The second-order valence-corrected chi connectivity index (χ2v) is 12.3. The van der Waals surface area contributed by atoms with Crippen LogP contribution in [0.3, 0.4) is 0 Å². The van der Waals surface area contributed by atoms with Gasteiger partial charge in [0.05, 0.1) is 28.7 Å². The predicted molar refractivity (Wildman–Crippen MR) is 134 cm³/mol. The maximum Gasteiger partial charge on any atom is 0.290 e. The van der Waals surface area contributed by atoms with Crippen LogP contribution in [0.4, 0.5) is 16.6 Å². The summed E-state index contributed by atoms with van der Waals surface area (Å²) in [5, 5.41) is 1.86. The van der Waals surface area contributed by atoms with Crippen molar-refractivity contribution in [2.45, 2.75) is 4.90 Å². The molecule has 0 saturated carbocycles. The maximum absolute atomic E-state index is 12.9. The number of benzene rings is 1. The van der Waals surface area contributed by atoms with E-state index in [2.05, 4.69) is 15.2 Å². The van der Waals surface area contributed by atoms with Crippen molar-refractivity contribution in [2.24, 2.45) is 5.41 Å². The van der Waals surface area contributed by atoms with Gasteiger partial charge in [-0.1, -0.05) is 18.2 Å². The van der Waals surface area contributed by atoms with E-state index in [1.807, 2.05) is 11.0 Å². The number of morpholine rings is 1. The molecule has 1 spiro atoms. The Balaban J connectivity index is 1.20. The lowest BCUT2D eigenvalue weighted by molar-refractivity contribution is -0.115. The van der Waals surface area contributed by atoms with E-state index in [0.717, 1.165) is 17.6 Å². The Morgan fingerprint density at radius 2 is 1.72 bits per heavy atom. The van der Waals surface area contributed by atoms with Crippen LogP contribution in [-0.4, -0.2) is 86.3 Å². The lowest BCUT2D eigenvalue weighted by Gasteiger charge is -2.59. The van der Waals surface area contributed by atoms with Crippen molar-refractivity contribution in [3.05, 3.63) is 47.0 Å². The lowest BCUT2D eigenvalue weighted by atomic mass is 9.74. The first-order valence-corrected chi connectivity index (χ1v) is 13.8. The molecular formula is C23H24N6O5S2. The molecule has 4 aliphatic rings. The fourth-order valence-corrected chi connectivity index (χ4v) is 7.24. The Labute approximate surface area is 212 Å². The van der Waals surface area contributed by atoms with E-state index in [1.165, 1.54) is 4.31 Å². The third-order valence-electron chi connectivity index (χ3n) is 6.72. The molecule has 0 aliphatic carbocycles. The van der Waals surface area contributed by atoms with Gasteiger partial charge in [-0.15, -0.1) is 0 Å². The van der Waals surface area contributed by atoms with E-state index in [0.29, 0.717) is 73.9 Å². The molecule has 0 bridgehead atoms. The molecule has 0 radical (unpaired) electrons. The summed E-state index contributed by atoms with van der Waals surface area (Å²) < 4.78 is 32.7. The highest BCUT2D eigenvalue weighted by atomic mass is 32.2. The number of sulfonamides is 1. The highest BCUT2D eigenvalue weighted by molar-refractivity contribution is 8.18. The van der Waals surface area contributed by atoms with Crippen molar-refractivity contribution < 1.29 is 22.7 Å². The van der Waals surface area contributed by atoms with Crippen LogP contribution in [0.2, 0.25) is 0 Å². The second-order valence-electron chi connectivity index (χ2n) is 9.34. The van der Waals surface area contributed by atoms with Crippen molar-refractivity contribution in [3.63, 3.8) is 0 Å². The van der Waals surface area contributed by atoms with Gasteiger partial charge in [0, 0.05) is 50.7 Å². The summed E-state index contributed by atoms with van der Waals surface area (Å²) in [5.74, 6) is 0.818. The van der Waals surface area contributed by atoms with Gasteiger partial charge in [0.15, 0.2) is 0 Å². The van der Waals surface area contributed by atoms with Gasteiger partial charge in [0.25, 0.3) is 11.1 Å². The molecule has 5 heterocycles. The number of ether oxygens (including phenoxy) is 1. The Morgan fingerprint density at radius 1 is 1.00 bits per heavy atom. The Hall–Kier alpha value is -3.00. The number of rotatable bonds is 5. The van der Waals surface area contributed by atoms with E-state index in [1.54, 1.807) is 36.4 Å². The SMILES string of the molecule is O=C1NC(=O)C(=Cc2cc(N3CCOCC3)nc(N3CC4(C3)CN(S(=O)(=O)c3ccccc3)C4)n2)S1. The Morgan fingerprint density at radius 3 is 2.39 bits per heavy atom. The molecule has 1 N–H and O–H groups in total. The normalized spacial score (nSPS) is 23.1. The van der Waals surface area contributed by atoms with Gasteiger partial charge in [-0.3, -0.25) is 14.9 Å². The zero-order valence-electron chi connectivity index (χ0n) is 19.3. The second kappa shape index (κ2) is 8.83. The minimum Gasteiger partial charge on any atom is -0.378 e. The molecule has 0 unspecified atom stereocenters. The molecule has 13 heteroatoms. The van der Waals surface area contributed by atoms with Crippen molar-refractivity contribution in [1.82, 2.24) is 19.6 Å². The van der Waals surface area contributed by atoms with Gasteiger partial charge < -0.3 is 14.5 Å². The van der Waals surface area contributed by atoms with Crippen LogP contribution in [0.5, 0.6) is 0 Å². The van der Waals surface area contributed by atoms with E-state index >= 15 is 0 Å². The molecule has 4 saturated heterocycles. The predicted octanol–water partition coefficient (Wildman–Crippen LogP) is 1.15. The number of nitrogens with zero attached hydrogens (tertiary/aromatic N) is 5. The molecule has 2 aromatic rings. The molecule has 0 atom stereocenters. The first kappa shape index (κ1) is 23.4. The minimum absolute atomic E-state index is 0.119. The summed E-state index contributed by atoms with van der Waals surface area (Å²) in [6.45, 7) is 4.78.